The molecule has 1 saturated heterocycles. The van der Waals surface area contributed by atoms with Gasteiger partial charge in [-0.25, -0.2) is 4.79 Å². The highest BCUT2D eigenvalue weighted by Gasteiger charge is 2.46. The van der Waals surface area contributed by atoms with Crippen LogP contribution in [-0.4, -0.2) is 34.8 Å². The number of imide groups is 1. The van der Waals surface area contributed by atoms with Gasteiger partial charge < -0.3 is 10.2 Å². The predicted octanol–water partition coefficient (Wildman–Crippen LogP) is 2.28. The van der Waals surface area contributed by atoms with Crippen molar-refractivity contribution in [2.75, 3.05) is 11.9 Å². The van der Waals surface area contributed by atoms with Crippen LogP contribution in [0.2, 0.25) is 0 Å². The van der Waals surface area contributed by atoms with Crippen LogP contribution < -0.4 is 10.6 Å². The predicted molar refractivity (Wildman–Crippen MR) is 79.1 cm³/mol. The fourth-order valence-corrected chi connectivity index (χ4v) is 2.31. The number of hydrogen-bond donors (Lipinski definition) is 2. The van der Waals surface area contributed by atoms with Crippen LogP contribution in [0.15, 0.2) is 18.2 Å². The molecule has 9 heteroatoms. The summed E-state index contributed by atoms with van der Waals surface area (Å²) in [6.45, 7) is 3.79. The van der Waals surface area contributed by atoms with Crippen molar-refractivity contribution in [2.45, 2.75) is 32.5 Å². The summed E-state index contributed by atoms with van der Waals surface area (Å²) < 4.78 is 38.6. The first-order valence-corrected chi connectivity index (χ1v) is 7.03. The third-order valence-electron chi connectivity index (χ3n) is 3.82. The van der Waals surface area contributed by atoms with Crippen molar-refractivity contribution in [1.29, 1.82) is 0 Å². The average molecular weight is 343 g/mol. The van der Waals surface area contributed by atoms with E-state index in [4.69, 9.17) is 0 Å². The molecule has 6 nitrogen and oxygen atoms in total. The Hall–Kier alpha value is -2.58. The SMILES string of the molecule is Cc1ccc(NC(=O)CN2C(=O)NC(=O)C2(C)C)cc1C(F)(F)F. The number of halogens is 3. The van der Waals surface area contributed by atoms with Gasteiger partial charge in [-0.3, -0.25) is 14.9 Å². The standard InChI is InChI=1S/C15H16F3N3O3/c1-8-4-5-9(6-10(8)15(16,17)18)19-11(22)7-21-13(24)20-12(23)14(21,2)3/h4-6H,7H2,1-3H3,(H,19,22)(H,20,23,24). The monoisotopic (exact) mass is 343 g/mol. The van der Waals surface area contributed by atoms with Gasteiger partial charge >= 0.3 is 12.2 Å². The smallest absolute Gasteiger partial charge is 0.325 e. The van der Waals surface area contributed by atoms with Gasteiger partial charge in [-0.1, -0.05) is 6.07 Å². The van der Waals surface area contributed by atoms with Gasteiger partial charge in [-0.2, -0.15) is 13.2 Å². The quantitative estimate of drug-likeness (QED) is 0.827. The maximum atomic E-state index is 12.9. The van der Waals surface area contributed by atoms with E-state index >= 15 is 0 Å². The second kappa shape index (κ2) is 5.81. The van der Waals surface area contributed by atoms with E-state index in [0.29, 0.717) is 0 Å². The Labute approximate surface area is 136 Å². The summed E-state index contributed by atoms with van der Waals surface area (Å²) in [7, 11) is 0. The zero-order valence-electron chi connectivity index (χ0n) is 13.2. The van der Waals surface area contributed by atoms with E-state index in [2.05, 4.69) is 10.6 Å². The largest absolute Gasteiger partial charge is 0.416 e. The maximum Gasteiger partial charge on any atom is 0.416 e. The molecule has 0 aliphatic carbocycles. The molecular weight excluding hydrogens is 327 g/mol. The second-order valence-electron chi connectivity index (χ2n) is 5.98. The minimum atomic E-state index is -4.53. The number of rotatable bonds is 3. The summed E-state index contributed by atoms with van der Waals surface area (Å²) in [4.78, 5) is 36.3. The number of benzene rings is 1. The molecular formula is C15H16F3N3O3. The molecule has 0 unspecified atom stereocenters. The van der Waals surface area contributed by atoms with Crippen LogP contribution in [0.4, 0.5) is 23.7 Å². The minimum Gasteiger partial charge on any atom is -0.325 e. The van der Waals surface area contributed by atoms with Crippen LogP contribution in [0.5, 0.6) is 0 Å². The van der Waals surface area contributed by atoms with Gasteiger partial charge in [0.2, 0.25) is 5.91 Å². The molecule has 24 heavy (non-hydrogen) atoms. The highest BCUT2D eigenvalue weighted by molar-refractivity contribution is 6.08. The van der Waals surface area contributed by atoms with Crippen molar-refractivity contribution in [1.82, 2.24) is 10.2 Å². The van der Waals surface area contributed by atoms with Crippen molar-refractivity contribution >= 4 is 23.5 Å². The van der Waals surface area contributed by atoms with E-state index in [9.17, 15) is 27.6 Å². The van der Waals surface area contributed by atoms with Gasteiger partial charge in [-0.15, -0.1) is 0 Å². The highest BCUT2D eigenvalue weighted by Crippen LogP contribution is 2.33. The van der Waals surface area contributed by atoms with Gasteiger partial charge in [0, 0.05) is 5.69 Å². The van der Waals surface area contributed by atoms with Crippen molar-refractivity contribution in [2.24, 2.45) is 0 Å². The molecule has 1 aliphatic heterocycles. The molecule has 0 aromatic heterocycles. The third kappa shape index (κ3) is 3.34. The number of hydrogen-bond acceptors (Lipinski definition) is 3. The van der Waals surface area contributed by atoms with Crippen LogP contribution >= 0.6 is 0 Å². The molecule has 1 heterocycles. The zero-order valence-corrected chi connectivity index (χ0v) is 13.2. The lowest BCUT2D eigenvalue weighted by Crippen LogP contribution is -2.47. The van der Waals surface area contributed by atoms with Gasteiger partial charge in [-0.05, 0) is 38.5 Å². The summed E-state index contributed by atoms with van der Waals surface area (Å²) in [6.07, 6.45) is -4.53. The molecule has 0 atom stereocenters. The molecule has 2 rings (SSSR count). The Bertz CT molecular complexity index is 714. The first kappa shape index (κ1) is 17.8. The van der Waals surface area contributed by atoms with Crippen molar-refractivity contribution in [3.8, 4) is 0 Å². The molecule has 1 aromatic rings. The molecule has 2 N–H and O–H groups in total. The van der Waals surface area contributed by atoms with Crippen LogP contribution in [0.25, 0.3) is 0 Å². The molecule has 0 radical (unpaired) electrons. The maximum absolute atomic E-state index is 12.9. The third-order valence-corrected chi connectivity index (χ3v) is 3.82. The molecule has 0 bridgehead atoms. The number of nitrogens with zero attached hydrogens (tertiary/aromatic N) is 1. The highest BCUT2D eigenvalue weighted by atomic mass is 19.4. The summed E-state index contributed by atoms with van der Waals surface area (Å²) in [6, 6.07) is 2.69. The number of anilines is 1. The zero-order chi connectivity index (χ0) is 18.3. The van der Waals surface area contributed by atoms with E-state index in [1.807, 2.05) is 0 Å². The Balaban J connectivity index is 2.14. The fourth-order valence-electron chi connectivity index (χ4n) is 2.31. The van der Waals surface area contributed by atoms with Crippen molar-refractivity contribution < 1.29 is 27.6 Å². The second-order valence-corrected chi connectivity index (χ2v) is 5.98. The Kier molecular flexibility index (Phi) is 4.30. The number of urea groups is 1. The van der Waals surface area contributed by atoms with Gasteiger partial charge in [0.15, 0.2) is 0 Å². The van der Waals surface area contributed by atoms with E-state index < -0.39 is 41.7 Å². The summed E-state index contributed by atoms with van der Waals surface area (Å²) >= 11 is 0. The topological polar surface area (TPSA) is 78.5 Å². The average Bonchev–Trinajstić information content (AvgIpc) is 2.62. The lowest BCUT2D eigenvalue weighted by Gasteiger charge is -2.27. The molecule has 4 amide bonds. The lowest BCUT2D eigenvalue weighted by atomic mass is 10.0. The van der Waals surface area contributed by atoms with E-state index in [1.54, 1.807) is 0 Å². The normalized spacial score (nSPS) is 17.0. The number of nitrogens with one attached hydrogen (secondary N) is 2. The molecule has 0 saturated carbocycles. The number of carbonyl (C=O) groups is 3. The number of alkyl halides is 3. The van der Waals surface area contributed by atoms with E-state index in [0.717, 1.165) is 11.0 Å². The number of amides is 4. The summed E-state index contributed by atoms with van der Waals surface area (Å²) in [5.74, 6) is -1.25. The Morgan fingerprint density at radius 2 is 1.92 bits per heavy atom. The number of aryl methyl sites for hydroxylation is 1. The van der Waals surface area contributed by atoms with Gasteiger partial charge in [0.25, 0.3) is 5.91 Å². The summed E-state index contributed by atoms with van der Waals surface area (Å²) in [5, 5.41) is 4.39. The van der Waals surface area contributed by atoms with Crippen molar-refractivity contribution in [3.05, 3.63) is 29.3 Å². The number of carbonyl (C=O) groups excluding carboxylic acids is 3. The summed E-state index contributed by atoms with van der Waals surface area (Å²) in [5.41, 5.74) is -2.07. The lowest BCUT2D eigenvalue weighted by molar-refractivity contribution is -0.138. The molecule has 1 fully saturated rings. The first-order chi connectivity index (χ1) is 10.9. The van der Waals surface area contributed by atoms with Crippen LogP contribution in [0.1, 0.15) is 25.0 Å². The Morgan fingerprint density at radius 3 is 2.42 bits per heavy atom. The molecule has 1 aliphatic rings. The van der Waals surface area contributed by atoms with Crippen LogP contribution in [-0.2, 0) is 15.8 Å². The minimum absolute atomic E-state index is 0.0335. The molecule has 130 valence electrons. The van der Waals surface area contributed by atoms with Gasteiger partial charge in [0.1, 0.15) is 12.1 Å². The van der Waals surface area contributed by atoms with Crippen LogP contribution in [0, 0.1) is 6.92 Å². The Morgan fingerprint density at radius 1 is 1.29 bits per heavy atom. The van der Waals surface area contributed by atoms with Crippen molar-refractivity contribution in [3.63, 3.8) is 0 Å². The molecule has 0 spiro atoms. The van der Waals surface area contributed by atoms with Gasteiger partial charge in [0.05, 0.1) is 5.56 Å². The van der Waals surface area contributed by atoms with E-state index in [-0.39, 0.29) is 11.3 Å². The van der Waals surface area contributed by atoms with E-state index in [1.165, 1.54) is 32.9 Å². The fraction of sp³-hybridized carbons (Fsp3) is 0.400. The molecule has 1 aromatic carbocycles. The first-order valence-electron chi connectivity index (χ1n) is 7.03. The van der Waals surface area contributed by atoms with Crippen LogP contribution in [0.3, 0.4) is 0 Å².